The van der Waals surface area contributed by atoms with Gasteiger partial charge in [-0.3, -0.25) is 9.48 Å². The number of para-hydroxylation sites is 1. The number of carbonyl (C=O) groups is 1. The molecular formula is C14H12N4O. The first kappa shape index (κ1) is 11.4. The van der Waals surface area contributed by atoms with Gasteiger partial charge in [-0.1, -0.05) is 18.2 Å². The molecule has 0 aliphatic carbocycles. The van der Waals surface area contributed by atoms with E-state index in [2.05, 4.69) is 10.2 Å². The molecule has 0 aliphatic rings. The van der Waals surface area contributed by atoms with Crippen LogP contribution in [0.3, 0.4) is 0 Å². The van der Waals surface area contributed by atoms with Crippen LogP contribution in [-0.2, 0) is 7.05 Å². The van der Waals surface area contributed by atoms with E-state index in [1.807, 2.05) is 30.3 Å². The Kier molecular flexibility index (Phi) is 2.72. The molecule has 0 aliphatic heterocycles. The minimum atomic E-state index is -0.171. The van der Waals surface area contributed by atoms with Crippen LogP contribution >= 0.6 is 0 Å². The number of rotatable bonds is 3. The third kappa shape index (κ3) is 2.18. The van der Waals surface area contributed by atoms with Crippen molar-refractivity contribution in [2.24, 2.45) is 7.05 Å². The van der Waals surface area contributed by atoms with Crippen molar-refractivity contribution in [1.82, 2.24) is 19.6 Å². The number of aryl methyl sites for hydroxylation is 1. The van der Waals surface area contributed by atoms with E-state index in [1.165, 1.54) is 0 Å². The lowest BCUT2D eigenvalue weighted by molar-refractivity contribution is 0.102. The van der Waals surface area contributed by atoms with Crippen LogP contribution in [0.5, 0.6) is 0 Å². The van der Waals surface area contributed by atoms with Crippen molar-refractivity contribution in [3.8, 4) is 5.69 Å². The van der Waals surface area contributed by atoms with Crippen molar-refractivity contribution in [3.63, 3.8) is 0 Å². The second kappa shape index (κ2) is 4.53. The molecule has 2 heterocycles. The highest BCUT2D eigenvalue weighted by molar-refractivity contribution is 6.06. The Morgan fingerprint density at radius 1 is 0.947 bits per heavy atom. The van der Waals surface area contributed by atoms with E-state index in [9.17, 15) is 4.79 Å². The van der Waals surface area contributed by atoms with Crippen molar-refractivity contribution in [2.45, 2.75) is 0 Å². The van der Waals surface area contributed by atoms with Crippen molar-refractivity contribution in [2.75, 3.05) is 0 Å². The lowest BCUT2D eigenvalue weighted by atomic mass is 10.2. The van der Waals surface area contributed by atoms with E-state index in [0.717, 1.165) is 5.69 Å². The first-order chi connectivity index (χ1) is 9.24. The van der Waals surface area contributed by atoms with Gasteiger partial charge in [-0.15, -0.1) is 0 Å². The van der Waals surface area contributed by atoms with Crippen molar-refractivity contribution < 1.29 is 4.79 Å². The molecule has 0 radical (unpaired) electrons. The quantitative estimate of drug-likeness (QED) is 0.668. The highest BCUT2D eigenvalue weighted by Gasteiger charge is 2.15. The number of aromatic nitrogens is 4. The fourth-order valence-electron chi connectivity index (χ4n) is 1.84. The van der Waals surface area contributed by atoms with Crippen molar-refractivity contribution in [1.29, 1.82) is 0 Å². The molecule has 0 spiro atoms. The van der Waals surface area contributed by atoms with E-state index in [0.29, 0.717) is 11.4 Å². The SMILES string of the molecule is Cn1ccc(C(=O)c2ccn(-c3ccccc3)n2)n1. The first-order valence-electron chi connectivity index (χ1n) is 5.89. The van der Waals surface area contributed by atoms with Crippen LogP contribution < -0.4 is 0 Å². The van der Waals surface area contributed by atoms with Gasteiger partial charge in [0.2, 0.25) is 5.78 Å². The summed E-state index contributed by atoms with van der Waals surface area (Å²) in [4.78, 5) is 12.2. The maximum Gasteiger partial charge on any atom is 0.233 e. The number of hydrogen-bond acceptors (Lipinski definition) is 3. The van der Waals surface area contributed by atoms with Crippen LogP contribution in [0.2, 0.25) is 0 Å². The second-order valence-corrected chi connectivity index (χ2v) is 4.18. The maximum absolute atomic E-state index is 12.2. The van der Waals surface area contributed by atoms with Crippen LogP contribution in [0.25, 0.3) is 5.69 Å². The van der Waals surface area contributed by atoms with E-state index in [1.54, 1.807) is 40.9 Å². The molecule has 0 saturated carbocycles. The zero-order chi connectivity index (χ0) is 13.2. The maximum atomic E-state index is 12.2. The van der Waals surface area contributed by atoms with Gasteiger partial charge in [-0.2, -0.15) is 10.2 Å². The molecule has 0 amide bonds. The van der Waals surface area contributed by atoms with Gasteiger partial charge in [-0.25, -0.2) is 4.68 Å². The summed E-state index contributed by atoms with van der Waals surface area (Å²) in [6, 6.07) is 13.0. The Balaban J connectivity index is 1.92. The molecule has 5 nitrogen and oxygen atoms in total. The summed E-state index contributed by atoms with van der Waals surface area (Å²) in [7, 11) is 1.78. The summed E-state index contributed by atoms with van der Waals surface area (Å²) in [5.41, 5.74) is 1.71. The summed E-state index contributed by atoms with van der Waals surface area (Å²) in [6.45, 7) is 0. The Morgan fingerprint density at radius 3 is 2.32 bits per heavy atom. The standard InChI is InChI=1S/C14H12N4O/c1-17-9-7-12(15-17)14(19)13-8-10-18(16-13)11-5-3-2-4-6-11/h2-10H,1H3. The van der Waals surface area contributed by atoms with E-state index >= 15 is 0 Å². The molecule has 2 aromatic heterocycles. The Labute approximate surface area is 110 Å². The van der Waals surface area contributed by atoms with Crippen LogP contribution in [-0.4, -0.2) is 25.3 Å². The fraction of sp³-hybridized carbons (Fsp3) is 0.0714. The summed E-state index contributed by atoms with van der Waals surface area (Å²) in [6.07, 6.45) is 3.51. The van der Waals surface area contributed by atoms with Crippen molar-refractivity contribution >= 4 is 5.78 Å². The smallest absolute Gasteiger partial charge is 0.233 e. The van der Waals surface area contributed by atoms with Crippen LogP contribution in [0.1, 0.15) is 16.2 Å². The third-order valence-electron chi connectivity index (χ3n) is 2.79. The number of nitrogens with zero attached hydrogens (tertiary/aromatic N) is 4. The molecule has 94 valence electrons. The summed E-state index contributed by atoms with van der Waals surface area (Å²) in [5, 5.41) is 8.37. The fourth-order valence-corrected chi connectivity index (χ4v) is 1.84. The largest absolute Gasteiger partial charge is 0.285 e. The van der Waals surface area contributed by atoms with Gasteiger partial charge < -0.3 is 0 Å². The molecule has 0 bridgehead atoms. The van der Waals surface area contributed by atoms with E-state index in [4.69, 9.17) is 0 Å². The first-order valence-corrected chi connectivity index (χ1v) is 5.89. The molecule has 3 rings (SSSR count). The van der Waals surface area contributed by atoms with Crippen LogP contribution in [0.4, 0.5) is 0 Å². The predicted molar refractivity (Wildman–Crippen MR) is 70.2 cm³/mol. The summed E-state index contributed by atoms with van der Waals surface area (Å²) >= 11 is 0. The third-order valence-corrected chi connectivity index (χ3v) is 2.79. The average Bonchev–Trinajstić information content (AvgIpc) is 3.08. The number of carbonyl (C=O) groups excluding carboxylic acids is 1. The zero-order valence-electron chi connectivity index (χ0n) is 10.4. The Hall–Kier alpha value is -2.69. The molecule has 0 unspecified atom stereocenters. The molecule has 1 aromatic carbocycles. The molecule has 3 aromatic rings. The molecular weight excluding hydrogens is 240 g/mol. The average molecular weight is 252 g/mol. The van der Waals surface area contributed by atoms with Gasteiger partial charge in [0, 0.05) is 19.4 Å². The minimum absolute atomic E-state index is 0.171. The lowest BCUT2D eigenvalue weighted by Crippen LogP contribution is -2.05. The zero-order valence-corrected chi connectivity index (χ0v) is 10.4. The number of ketones is 1. The topological polar surface area (TPSA) is 52.7 Å². The Bertz CT molecular complexity index is 712. The van der Waals surface area contributed by atoms with Gasteiger partial charge in [0.05, 0.1) is 5.69 Å². The van der Waals surface area contributed by atoms with Crippen molar-refractivity contribution in [3.05, 3.63) is 66.2 Å². The predicted octanol–water partition coefficient (Wildman–Crippen LogP) is 1.84. The summed E-state index contributed by atoms with van der Waals surface area (Å²) < 4.78 is 3.28. The molecule has 0 atom stereocenters. The highest BCUT2D eigenvalue weighted by Crippen LogP contribution is 2.09. The molecule has 19 heavy (non-hydrogen) atoms. The van der Waals surface area contributed by atoms with E-state index in [-0.39, 0.29) is 5.78 Å². The monoisotopic (exact) mass is 252 g/mol. The molecule has 0 fully saturated rings. The van der Waals surface area contributed by atoms with Gasteiger partial charge in [0.25, 0.3) is 0 Å². The van der Waals surface area contributed by atoms with Crippen LogP contribution in [0, 0.1) is 0 Å². The van der Waals surface area contributed by atoms with E-state index < -0.39 is 0 Å². The number of hydrogen-bond donors (Lipinski definition) is 0. The minimum Gasteiger partial charge on any atom is -0.285 e. The summed E-state index contributed by atoms with van der Waals surface area (Å²) in [5.74, 6) is -0.171. The van der Waals surface area contributed by atoms with Gasteiger partial charge in [0.1, 0.15) is 11.4 Å². The Morgan fingerprint density at radius 2 is 1.63 bits per heavy atom. The highest BCUT2D eigenvalue weighted by atomic mass is 16.1. The molecule has 0 saturated heterocycles. The van der Waals surface area contributed by atoms with Gasteiger partial charge >= 0.3 is 0 Å². The van der Waals surface area contributed by atoms with Gasteiger partial charge in [0.15, 0.2) is 0 Å². The second-order valence-electron chi connectivity index (χ2n) is 4.18. The molecule has 0 N–H and O–H groups in total. The lowest BCUT2D eigenvalue weighted by Gasteiger charge is -1.99. The van der Waals surface area contributed by atoms with Crippen LogP contribution in [0.15, 0.2) is 54.9 Å². The van der Waals surface area contributed by atoms with Gasteiger partial charge in [-0.05, 0) is 24.3 Å². The normalized spacial score (nSPS) is 10.6. The molecule has 5 heteroatoms. The number of benzene rings is 1.